The van der Waals surface area contributed by atoms with Gasteiger partial charge in [-0.15, -0.1) is 11.3 Å². The van der Waals surface area contributed by atoms with Crippen LogP contribution >= 0.6 is 11.3 Å². The van der Waals surface area contributed by atoms with E-state index in [2.05, 4.69) is 0 Å². The van der Waals surface area contributed by atoms with E-state index in [9.17, 15) is 9.59 Å². The first-order valence-electron chi connectivity index (χ1n) is 7.59. The Morgan fingerprint density at radius 3 is 2.73 bits per heavy atom. The molecule has 2 aromatic rings. The highest BCUT2D eigenvalue weighted by atomic mass is 32.1. The standard InChI is InChI=1S/C17H20N2O2S/c1-10(2)17(21)19-8-7-11(9-19)14-12-5-3-4-6-13(12)22-15(14)16(18)20/h3-6,10-11H,7-9H2,1-2H3,(H2,18,20)/t11-/m0/s1. The van der Waals surface area contributed by atoms with E-state index in [1.165, 1.54) is 11.3 Å². The molecule has 0 unspecified atom stereocenters. The van der Waals surface area contributed by atoms with Crippen LogP contribution in [0, 0.1) is 5.92 Å². The SMILES string of the molecule is CC(C)C(=O)N1CC[C@H](c2c(C(N)=O)sc3ccccc23)C1. The molecule has 4 nitrogen and oxygen atoms in total. The number of benzene rings is 1. The number of thiophene rings is 1. The van der Waals surface area contributed by atoms with Crippen molar-refractivity contribution in [3.63, 3.8) is 0 Å². The summed E-state index contributed by atoms with van der Waals surface area (Å²) in [6.45, 7) is 5.27. The van der Waals surface area contributed by atoms with Gasteiger partial charge in [-0.25, -0.2) is 0 Å². The maximum Gasteiger partial charge on any atom is 0.259 e. The Bertz CT molecular complexity index is 735. The predicted molar refractivity (Wildman–Crippen MR) is 89.1 cm³/mol. The molecule has 116 valence electrons. The minimum Gasteiger partial charge on any atom is -0.365 e. The molecule has 0 aliphatic carbocycles. The Morgan fingerprint density at radius 2 is 2.05 bits per heavy atom. The summed E-state index contributed by atoms with van der Waals surface area (Å²) in [7, 11) is 0. The molecule has 1 aromatic carbocycles. The van der Waals surface area contributed by atoms with E-state index in [1.807, 2.05) is 43.0 Å². The van der Waals surface area contributed by atoms with Gasteiger partial charge in [0.05, 0.1) is 4.88 Å². The van der Waals surface area contributed by atoms with Crippen molar-refractivity contribution in [2.45, 2.75) is 26.2 Å². The summed E-state index contributed by atoms with van der Waals surface area (Å²) >= 11 is 1.46. The van der Waals surface area contributed by atoms with Gasteiger partial charge in [0, 0.05) is 29.6 Å². The van der Waals surface area contributed by atoms with Gasteiger partial charge in [0.2, 0.25) is 5.91 Å². The normalized spacial score (nSPS) is 18.3. The van der Waals surface area contributed by atoms with Crippen molar-refractivity contribution in [1.82, 2.24) is 4.90 Å². The van der Waals surface area contributed by atoms with Gasteiger partial charge in [-0.1, -0.05) is 32.0 Å². The van der Waals surface area contributed by atoms with Gasteiger partial charge < -0.3 is 10.6 Å². The molecule has 1 fully saturated rings. The smallest absolute Gasteiger partial charge is 0.259 e. The number of primary amides is 1. The van der Waals surface area contributed by atoms with Crippen LogP contribution in [0.15, 0.2) is 24.3 Å². The minimum atomic E-state index is -0.371. The number of likely N-dealkylation sites (tertiary alicyclic amines) is 1. The van der Waals surface area contributed by atoms with Gasteiger partial charge in [0.15, 0.2) is 0 Å². The number of hydrogen-bond acceptors (Lipinski definition) is 3. The molecular weight excluding hydrogens is 296 g/mol. The molecule has 1 aliphatic heterocycles. The maximum absolute atomic E-state index is 12.2. The average molecular weight is 316 g/mol. The number of rotatable bonds is 3. The maximum atomic E-state index is 12.2. The van der Waals surface area contributed by atoms with Crippen LogP contribution in [-0.2, 0) is 4.79 Å². The highest BCUT2D eigenvalue weighted by molar-refractivity contribution is 7.21. The van der Waals surface area contributed by atoms with Crippen LogP contribution in [0.5, 0.6) is 0 Å². The van der Waals surface area contributed by atoms with Gasteiger partial charge >= 0.3 is 0 Å². The molecule has 2 heterocycles. The molecule has 2 amide bonds. The van der Waals surface area contributed by atoms with Crippen molar-refractivity contribution in [3.05, 3.63) is 34.7 Å². The van der Waals surface area contributed by atoms with Crippen molar-refractivity contribution in [2.24, 2.45) is 11.7 Å². The molecule has 22 heavy (non-hydrogen) atoms. The lowest BCUT2D eigenvalue weighted by molar-refractivity contribution is -0.133. The number of hydrogen-bond donors (Lipinski definition) is 1. The third-order valence-corrected chi connectivity index (χ3v) is 5.46. The molecular formula is C17H20N2O2S. The topological polar surface area (TPSA) is 63.4 Å². The Labute approximate surface area is 133 Å². The molecule has 0 saturated carbocycles. The number of carbonyl (C=O) groups is 2. The van der Waals surface area contributed by atoms with Gasteiger partial charge in [0.25, 0.3) is 5.91 Å². The second kappa shape index (κ2) is 5.72. The van der Waals surface area contributed by atoms with E-state index in [1.54, 1.807) is 0 Å². The van der Waals surface area contributed by atoms with Gasteiger partial charge in [-0.05, 0) is 23.4 Å². The van der Waals surface area contributed by atoms with E-state index in [4.69, 9.17) is 5.73 Å². The number of nitrogens with two attached hydrogens (primary N) is 1. The molecule has 1 atom stereocenters. The summed E-state index contributed by atoms with van der Waals surface area (Å²) in [5.74, 6) is 0.0161. The number of carbonyl (C=O) groups excluding carboxylic acids is 2. The zero-order valence-corrected chi connectivity index (χ0v) is 13.7. The second-order valence-electron chi connectivity index (χ2n) is 6.13. The van der Waals surface area contributed by atoms with Crippen molar-refractivity contribution >= 4 is 33.2 Å². The first kappa shape index (κ1) is 15.0. The Hall–Kier alpha value is -1.88. The monoisotopic (exact) mass is 316 g/mol. The van der Waals surface area contributed by atoms with Gasteiger partial charge in [-0.2, -0.15) is 0 Å². The summed E-state index contributed by atoms with van der Waals surface area (Å²) < 4.78 is 1.08. The summed E-state index contributed by atoms with van der Waals surface area (Å²) in [6.07, 6.45) is 0.888. The summed E-state index contributed by atoms with van der Waals surface area (Å²) in [4.78, 5) is 26.6. The summed E-state index contributed by atoms with van der Waals surface area (Å²) in [6, 6.07) is 8.01. The summed E-state index contributed by atoms with van der Waals surface area (Å²) in [5, 5.41) is 1.10. The fraction of sp³-hybridized carbons (Fsp3) is 0.412. The molecule has 0 radical (unpaired) electrons. The Kier molecular flexibility index (Phi) is 3.91. The van der Waals surface area contributed by atoms with Crippen LogP contribution in [0.1, 0.15) is 41.4 Å². The second-order valence-corrected chi connectivity index (χ2v) is 7.18. The quantitative estimate of drug-likeness (QED) is 0.946. The van der Waals surface area contributed by atoms with E-state index < -0.39 is 0 Å². The highest BCUT2D eigenvalue weighted by Crippen LogP contribution is 2.40. The lowest BCUT2D eigenvalue weighted by atomic mass is 9.95. The van der Waals surface area contributed by atoms with Crippen LogP contribution in [0.25, 0.3) is 10.1 Å². The minimum absolute atomic E-state index is 0.00794. The zero-order chi connectivity index (χ0) is 15.9. The number of nitrogens with zero attached hydrogens (tertiary/aromatic N) is 1. The predicted octanol–water partition coefficient (Wildman–Crippen LogP) is 2.97. The molecule has 2 N–H and O–H groups in total. The van der Waals surface area contributed by atoms with Crippen molar-refractivity contribution in [1.29, 1.82) is 0 Å². The molecule has 0 spiro atoms. The average Bonchev–Trinajstić information content (AvgIpc) is 3.10. The van der Waals surface area contributed by atoms with E-state index in [0.717, 1.165) is 28.6 Å². The molecule has 0 bridgehead atoms. The lowest BCUT2D eigenvalue weighted by Crippen LogP contribution is -2.32. The lowest BCUT2D eigenvalue weighted by Gasteiger charge is -2.19. The van der Waals surface area contributed by atoms with Crippen LogP contribution < -0.4 is 5.73 Å². The third-order valence-electron chi connectivity index (χ3n) is 4.26. The van der Waals surface area contributed by atoms with Crippen molar-refractivity contribution in [3.8, 4) is 0 Å². The highest BCUT2D eigenvalue weighted by Gasteiger charge is 2.32. The Morgan fingerprint density at radius 1 is 1.32 bits per heavy atom. The summed E-state index contributed by atoms with van der Waals surface area (Å²) in [5.41, 5.74) is 6.61. The molecule has 1 aliphatic rings. The fourth-order valence-electron chi connectivity index (χ4n) is 3.21. The van der Waals surface area contributed by atoms with Gasteiger partial charge in [-0.3, -0.25) is 9.59 Å². The fourth-order valence-corrected chi connectivity index (χ4v) is 4.36. The van der Waals surface area contributed by atoms with Crippen molar-refractivity contribution in [2.75, 3.05) is 13.1 Å². The van der Waals surface area contributed by atoms with E-state index in [0.29, 0.717) is 11.4 Å². The molecule has 3 rings (SSSR count). The molecule has 5 heteroatoms. The zero-order valence-electron chi connectivity index (χ0n) is 12.8. The first-order valence-corrected chi connectivity index (χ1v) is 8.40. The largest absolute Gasteiger partial charge is 0.365 e. The number of amides is 2. The van der Waals surface area contributed by atoms with Crippen LogP contribution in [-0.4, -0.2) is 29.8 Å². The van der Waals surface area contributed by atoms with E-state index >= 15 is 0 Å². The Balaban J connectivity index is 1.98. The molecule has 1 aromatic heterocycles. The number of fused-ring (bicyclic) bond motifs is 1. The molecule has 1 saturated heterocycles. The van der Waals surface area contributed by atoms with E-state index in [-0.39, 0.29) is 23.7 Å². The van der Waals surface area contributed by atoms with Crippen LogP contribution in [0.4, 0.5) is 0 Å². The van der Waals surface area contributed by atoms with Gasteiger partial charge in [0.1, 0.15) is 0 Å². The van der Waals surface area contributed by atoms with Crippen LogP contribution in [0.3, 0.4) is 0 Å². The van der Waals surface area contributed by atoms with Crippen LogP contribution in [0.2, 0.25) is 0 Å². The third kappa shape index (κ3) is 2.50. The van der Waals surface area contributed by atoms with Crippen molar-refractivity contribution < 1.29 is 9.59 Å². The first-order chi connectivity index (χ1) is 10.5.